The number of carbonyl (C=O) groups is 1. The lowest BCUT2D eigenvalue weighted by atomic mass is 9.89. The normalized spacial score (nSPS) is 21.5. The molecule has 1 aliphatic heterocycles. The molecule has 1 amide bonds. The summed E-state index contributed by atoms with van der Waals surface area (Å²) in [6, 6.07) is 5.59. The smallest absolute Gasteiger partial charge is 0.233 e. The molecule has 3 rings (SSSR count). The van der Waals surface area contributed by atoms with Crippen LogP contribution in [0.3, 0.4) is 0 Å². The molecule has 2 unspecified atom stereocenters. The predicted octanol–water partition coefficient (Wildman–Crippen LogP) is 6.67. The van der Waals surface area contributed by atoms with Gasteiger partial charge in [-0.15, -0.1) is 0 Å². The fraction of sp³-hybridized carbons (Fsp3) is 0.567. The molecule has 0 saturated carbocycles. The fourth-order valence-electron chi connectivity index (χ4n) is 5.47. The highest BCUT2D eigenvalue weighted by Gasteiger charge is 2.40. The van der Waals surface area contributed by atoms with E-state index >= 15 is 0 Å². The molecule has 0 spiro atoms. The Morgan fingerprint density at radius 3 is 2.60 bits per heavy atom. The van der Waals surface area contributed by atoms with E-state index in [2.05, 4.69) is 29.0 Å². The highest BCUT2D eigenvalue weighted by Crippen LogP contribution is 2.31. The minimum absolute atomic E-state index is 0.0547. The van der Waals surface area contributed by atoms with Crippen LogP contribution in [0.1, 0.15) is 76.6 Å². The second-order valence-electron chi connectivity index (χ2n) is 11.7. The summed E-state index contributed by atoms with van der Waals surface area (Å²) in [7, 11) is -3.88. The van der Waals surface area contributed by atoms with Crippen LogP contribution in [0.5, 0.6) is 0 Å². The molecule has 0 aliphatic carbocycles. The maximum absolute atomic E-state index is 13.8. The summed E-state index contributed by atoms with van der Waals surface area (Å²) in [6.45, 7) is 6.07. The molecule has 232 valence electrons. The fourth-order valence-corrected chi connectivity index (χ4v) is 7.96. The van der Waals surface area contributed by atoms with Crippen LogP contribution >= 0.6 is 23.2 Å². The standard InChI is InChI=1S/C30H41Cl2FN4O4S/c1-22-8-9-24(15-25-10-11-26(31)16-28(25)32)7-5-4-6-13-36(14-12-22)42(40,41)20-30(3,37(39)21-38)17-23(2)29-34-18-27(33)19-35-29/h5,7,10-11,16,18-19,21-24,39H,4,6,8-9,12-15,17,20H2,1-3H3/t22?,23-,24?,30-/m0/s1. The Morgan fingerprint density at radius 2 is 1.93 bits per heavy atom. The first-order chi connectivity index (χ1) is 19.8. The third kappa shape index (κ3) is 9.98. The monoisotopic (exact) mass is 642 g/mol. The number of allylic oxidation sites excluding steroid dienone is 2. The van der Waals surface area contributed by atoms with E-state index in [9.17, 15) is 22.8 Å². The zero-order valence-electron chi connectivity index (χ0n) is 24.4. The van der Waals surface area contributed by atoms with Crippen molar-refractivity contribution in [3.63, 3.8) is 0 Å². The molecule has 12 heteroatoms. The third-order valence-electron chi connectivity index (χ3n) is 7.95. The van der Waals surface area contributed by atoms with Crippen LogP contribution in [-0.4, -0.2) is 63.8 Å². The highest BCUT2D eigenvalue weighted by atomic mass is 35.5. The number of hydrogen-bond donors (Lipinski definition) is 1. The van der Waals surface area contributed by atoms with Crippen molar-refractivity contribution in [3.8, 4) is 0 Å². The summed E-state index contributed by atoms with van der Waals surface area (Å²) in [5.41, 5.74) is -0.396. The van der Waals surface area contributed by atoms with Crippen LogP contribution < -0.4 is 0 Å². The van der Waals surface area contributed by atoms with Gasteiger partial charge in [-0.2, -0.15) is 0 Å². The molecule has 4 atom stereocenters. The molecule has 0 bridgehead atoms. The SMILES string of the molecule is CC1CCC(Cc2ccc(Cl)cc2Cl)C=CCCCN(S(=O)(=O)C[C@](C)(C[C@H](C)c2ncc(F)cn2)N(O)C=O)CC1. The Balaban J connectivity index is 1.72. The van der Waals surface area contributed by atoms with Gasteiger partial charge in [-0.05, 0) is 75.0 Å². The van der Waals surface area contributed by atoms with Crippen LogP contribution in [0.25, 0.3) is 0 Å². The minimum atomic E-state index is -3.88. The number of nitrogens with zero attached hydrogens (tertiary/aromatic N) is 4. The maximum Gasteiger partial charge on any atom is 0.233 e. The molecular formula is C30H41Cl2FN4O4S. The number of sulfonamides is 1. The van der Waals surface area contributed by atoms with E-state index in [1.54, 1.807) is 13.0 Å². The van der Waals surface area contributed by atoms with Crippen LogP contribution in [0.2, 0.25) is 10.0 Å². The van der Waals surface area contributed by atoms with Gasteiger partial charge in [0.2, 0.25) is 16.4 Å². The zero-order chi connectivity index (χ0) is 30.9. The molecular weight excluding hydrogens is 602 g/mol. The summed E-state index contributed by atoms with van der Waals surface area (Å²) in [5, 5.41) is 12.2. The van der Waals surface area contributed by atoms with Gasteiger partial charge < -0.3 is 0 Å². The molecule has 0 radical (unpaired) electrons. The van der Waals surface area contributed by atoms with E-state index in [1.807, 2.05) is 12.1 Å². The average Bonchev–Trinajstić information content (AvgIpc) is 2.92. The molecule has 2 aromatic rings. The molecule has 1 aromatic heterocycles. The lowest BCUT2D eigenvalue weighted by Crippen LogP contribution is -2.52. The second kappa shape index (κ2) is 15.6. The van der Waals surface area contributed by atoms with Crippen molar-refractivity contribution in [1.82, 2.24) is 19.3 Å². The number of halogens is 3. The third-order valence-corrected chi connectivity index (χ3v) is 10.7. The Bertz CT molecular complexity index is 1310. The number of carbonyl (C=O) groups excluding carboxylic acids is 1. The molecule has 1 aliphatic rings. The van der Waals surface area contributed by atoms with Crippen molar-refractivity contribution in [2.75, 3.05) is 18.8 Å². The number of hydrogen-bond acceptors (Lipinski definition) is 6. The summed E-state index contributed by atoms with van der Waals surface area (Å²) < 4.78 is 42.3. The molecule has 1 N–H and O–H groups in total. The number of rotatable bonds is 10. The lowest BCUT2D eigenvalue weighted by molar-refractivity contribution is -0.175. The van der Waals surface area contributed by atoms with Crippen LogP contribution in [0, 0.1) is 17.7 Å². The van der Waals surface area contributed by atoms with Gasteiger partial charge in [-0.25, -0.2) is 32.1 Å². The second-order valence-corrected chi connectivity index (χ2v) is 14.5. The molecule has 0 fully saturated rings. The topological polar surface area (TPSA) is 104 Å². The van der Waals surface area contributed by atoms with Gasteiger partial charge in [0.05, 0.1) is 23.7 Å². The van der Waals surface area contributed by atoms with Crippen molar-refractivity contribution < 1.29 is 22.8 Å². The van der Waals surface area contributed by atoms with E-state index in [-0.39, 0.29) is 18.7 Å². The quantitative estimate of drug-likeness (QED) is 0.134. The minimum Gasteiger partial charge on any atom is -0.286 e. The van der Waals surface area contributed by atoms with E-state index in [1.165, 1.54) is 11.2 Å². The molecule has 0 saturated heterocycles. The van der Waals surface area contributed by atoms with Gasteiger partial charge in [0.1, 0.15) is 5.82 Å². The summed E-state index contributed by atoms with van der Waals surface area (Å²) in [6.07, 6.45) is 11.4. The van der Waals surface area contributed by atoms with Gasteiger partial charge in [0, 0.05) is 29.1 Å². The summed E-state index contributed by atoms with van der Waals surface area (Å²) >= 11 is 12.5. The van der Waals surface area contributed by atoms with Crippen LogP contribution in [-0.2, 0) is 21.2 Å². The average molecular weight is 644 g/mol. The summed E-state index contributed by atoms with van der Waals surface area (Å²) in [5.74, 6) is -0.624. The highest BCUT2D eigenvalue weighted by molar-refractivity contribution is 7.89. The van der Waals surface area contributed by atoms with Crippen LogP contribution in [0.4, 0.5) is 4.39 Å². The first-order valence-corrected chi connectivity index (χ1v) is 16.7. The zero-order valence-corrected chi connectivity index (χ0v) is 26.8. The molecule has 2 heterocycles. The van der Waals surface area contributed by atoms with Crippen LogP contribution in [0.15, 0.2) is 42.7 Å². The maximum atomic E-state index is 13.8. The van der Waals surface area contributed by atoms with E-state index in [0.717, 1.165) is 37.2 Å². The van der Waals surface area contributed by atoms with Gasteiger partial charge >= 0.3 is 0 Å². The van der Waals surface area contributed by atoms with E-state index < -0.39 is 33.1 Å². The van der Waals surface area contributed by atoms with Crippen molar-refractivity contribution in [1.29, 1.82) is 0 Å². The van der Waals surface area contributed by atoms with Crippen molar-refractivity contribution in [3.05, 3.63) is 70.0 Å². The first-order valence-electron chi connectivity index (χ1n) is 14.3. The Labute approximate surface area is 258 Å². The van der Waals surface area contributed by atoms with Gasteiger partial charge in [-0.3, -0.25) is 10.0 Å². The van der Waals surface area contributed by atoms with Crippen molar-refractivity contribution >= 4 is 39.6 Å². The molecule has 8 nitrogen and oxygen atoms in total. The van der Waals surface area contributed by atoms with Gasteiger partial charge in [0.25, 0.3) is 0 Å². The van der Waals surface area contributed by atoms with Gasteiger partial charge in [0.15, 0.2) is 5.82 Å². The van der Waals surface area contributed by atoms with Gasteiger partial charge in [-0.1, -0.05) is 61.7 Å². The lowest BCUT2D eigenvalue weighted by Gasteiger charge is -2.37. The Kier molecular flexibility index (Phi) is 12.7. The Morgan fingerprint density at radius 1 is 1.21 bits per heavy atom. The first kappa shape index (κ1) is 34.4. The van der Waals surface area contributed by atoms with E-state index in [4.69, 9.17) is 23.2 Å². The number of amides is 1. The Hall–Kier alpha value is -2.11. The van der Waals surface area contributed by atoms with Crippen molar-refractivity contribution in [2.45, 2.75) is 77.2 Å². The number of hydroxylamine groups is 2. The summed E-state index contributed by atoms with van der Waals surface area (Å²) in [4.78, 5) is 19.6. The molecule has 42 heavy (non-hydrogen) atoms. The number of benzene rings is 1. The van der Waals surface area contributed by atoms with Crippen molar-refractivity contribution in [2.24, 2.45) is 11.8 Å². The van der Waals surface area contributed by atoms with E-state index in [0.29, 0.717) is 59.2 Å². The molecule has 1 aromatic carbocycles. The number of aromatic nitrogens is 2. The largest absolute Gasteiger partial charge is 0.286 e. The predicted molar refractivity (Wildman–Crippen MR) is 164 cm³/mol.